The average molecular weight is 289 g/mol. The van der Waals surface area contributed by atoms with Crippen LogP contribution in [-0.4, -0.2) is 0 Å². The predicted molar refractivity (Wildman–Crippen MR) is 62.3 cm³/mol. The SMILES string of the molecule is Nc1c(F)cc(F)cc1Oc1ccccc1C(F)(F)F. The van der Waals surface area contributed by atoms with Crippen molar-refractivity contribution in [1.29, 1.82) is 0 Å². The Balaban J connectivity index is 2.46. The van der Waals surface area contributed by atoms with E-state index in [4.69, 9.17) is 10.5 Å². The smallest absolute Gasteiger partial charge is 0.419 e. The monoisotopic (exact) mass is 289 g/mol. The minimum atomic E-state index is -4.66. The van der Waals surface area contributed by atoms with Crippen LogP contribution in [0.2, 0.25) is 0 Å². The van der Waals surface area contributed by atoms with Crippen molar-refractivity contribution in [2.75, 3.05) is 5.73 Å². The normalized spacial score (nSPS) is 11.4. The molecule has 0 atom stereocenters. The molecule has 2 N–H and O–H groups in total. The summed E-state index contributed by atoms with van der Waals surface area (Å²) in [6.45, 7) is 0. The summed E-state index contributed by atoms with van der Waals surface area (Å²) in [5.74, 6) is -3.21. The lowest BCUT2D eigenvalue weighted by Gasteiger charge is -2.14. The first kappa shape index (κ1) is 14.1. The number of ether oxygens (including phenoxy) is 1. The number of hydrogen-bond donors (Lipinski definition) is 1. The van der Waals surface area contributed by atoms with E-state index in [1.165, 1.54) is 12.1 Å². The molecule has 2 aromatic carbocycles. The van der Waals surface area contributed by atoms with E-state index in [-0.39, 0.29) is 0 Å². The number of nitrogen functional groups attached to an aromatic ring is 1. The zero-order chi connectivity index (χ0) is 14.9. The van der Waals surface area contributed by atoms with E-state index in [0.29, 0.717) is 12.1 Å². The Morgan fingerprint density at radius 3 is 2.25 bits per heavy atom. The van der Waals surface area contributed by atoms with E-state index in [0.717, 1.165) is 12.1 Å². The molecule has 0 aliphatic carbocycles. The maximum absolute atomic E-state index is 13.2. The van der Waals surface area contributed by atoms with Gasteiger partial charge in [0.1, 0.15) is 17.3 Å². The summed E-state index contributed by atoms with van der Waals surface area (Å²) in [7, 11) is 0. The van der Waals surface area contributed by atoms with Crippen molar-refractivity contribution in [1.82, 2.24) is 0 Å². The summed E-state index contributed by atoms with van der Waals surface area (Å²) in [5.41, 5.74) is 3.68. The van der Waals surface area contributed by atoms with Crippen LogP contribution in [0.15, 0.2) is 36.4 Å². The molecule has 0 aliphatic rings. The second-order valence-electron chi connectivity index (χ2n) is 3.90. The summed E-state index contributed by atoms with van der Waals surface area (Å²) >= 11 is 0. The summed E-state index contributed by atoms with van der Waals surface area (Å²) < 4.78 is 69.4. The van der Waals surface area contributed by atoms with Crippen molar-refractivity contribution in [3.63, 3.8) is 0 Å². The van der Waals surface area contributed by atoms with Crippen LogP contribution in [0.5, 0.6) is 11.5 Å². The first-order chi connectivity index (χ1) is 9.29. The van der Waals surface area contributed by atoms with Crippen LogP contribution >= 0.6 is 0 Å². The Hall–Kier alpha value is -2.31. The molecule has 0 amide bonds. The predicted octanol–water partition coefficient (Wildman–Crippen LogP) is 4.36. The van der Waals surface area contributed by atoms with Crippen LogP contribution in [0.3, 0.4) is 0 Å². The van der Waals surface area contributed by atoms with Gasteiger partial charge in [0, 0.05) is 12.1 Å². The van der Waals surface area contributed by atoms with Crippen molar-refractivity contribution in [2.24, 2.45) is 0 Å². The molecule has 0 heterocycles. The van der Waals surface area contributed by atoms with E-state index in [2.05, 4.69) is 0 Å². The number of hydrogen-bond acceptors (Lipinski definition) is 2. The second-order valence-corrected chi connectivity index (χ2v) is 3.90. The Labute approximate surface area is 110 Å². The first-order valence-electron chi connectivity index (χ1n) is 5.37. The average Bonchev–Trinajstić information content (AvgIpc) is 2.34. The topological polar surface area (TPSA) is 35.2 Å². The highest BCUT2D eigenvalue weighted by Crippen LogP contribution is 2.39. The molecule has 0 bridgehead atoms. The van der Waals surface area contributed by atoms with E-state index in [1.807, 2.05) is 0 Å². The number of anilines is 1. The maximum atomic E-state index is 13.2. The zero-order valence-corrected chi connectivity index (χ0v) is 9.84. The highest BCUT2D eigenvalue weighted by atomic mass is 19.4. The largest absolute Gasteiger partial charge is 0.454 e. The lowest BCUT2D eigenvalue weighted by molar-refractivity contribution is -0.138. The molecule has 106 valence electrons. The third-order valence-electron chi connectivity index (χ3n) is 2.47. The molecule has 2 nitrogen and oxygen atoms in total. The number of rotatable bonds is 2. The van der Waals surface area contributed by atoms with E-state index >= 15 is 0 Å². The highest BCUT2D eigenvalue weighted by molar-refractivity contribution is 5.55. The van der Waals surface area contributed by atoms with Crippen LogP contribution in [0.4, 0.5) is 27.6 Å². The lowest BCUT2D eigenvalue weighted by atomic mass is 10.2. The number of halogens is 5. The minimum absolute atomic E-state index is 0.512. The fraction of sp³-hybridized carbons (Fsp3) is 0.0769. The van der Waals surface area contributed by atoms with Crippen molar-refractivity contribution in [3.8, 4) is 11.5 Å². The number of nitrogens with two attached hydrogens (primary N) is 1. The van der Waals surface area contributed by atoms with Gasteiger partial charge in [-0.05, 0) is 12.1 Å². The Morgan fingerprint density at radius 1 is 0.950 bits per heavy atom. The molecule has 0 saturated heterocycles. The fourth-order valence-electron chi connectivity index (χ4n) is 1.55. The summed E-state index contributed by atoms with van der Waals surface area (Å²) in [5, 5.41) is 0. The summed E-state index contributed by atoms with van der Waals surface area (Å²) in [4.78, 5) is 0. The van der Waals surface area contributed by atoms with Crippen LogP contribution in [0, 0.1) is 11.6 Å². The van der Waals surface area contributed by atoms with Crippen molar-refractivity contribution in [3.05, 3.63) is 53.6 Å². The third-order valence-corrected chi connectivity index (χ3v) is 2.47. The van der Waals surface area contributed by atoms with Gasteiger partial charge in [-0.3, -0.25) is 0 Å². The van der Waals surface area contributed by atoms with Gasteiger partial charge in [0.25, 0.3) is 0 Å². The van der Waals surface area contributed by atoms with E-state index in [1.54, 1.807) is 0 Å². The third kappa shape index (κ3) is 2.81. The van der Waals surface area contributed by atoms with Gasteiger partial charge in [0.2, 0.25) is 0 Å². The van der Waals surface area contributed by atoms with Crippen LogP contribution in [0.1, 0.15) is 5.56 Å². The Kier molecular flexibility index (Phi) is 3.52. The minimum Gasteiger partial charge on any atom is -0.454 e. The number of benzene rings is 2. The van der Waals surface area contributed by atoms with Gasteiger partial charge >= 0.3 is 6.18 Å². The molecule has 0 spiro atoms. The molecule has 20 heavy (non-hydrogen) atoms. The van der Waals surface area contributed by atoms with Gasteiger partial charge in [0.05, 0.1) is 5.56 Å². The lowest BCUT2D eigenvalue weighted by Crippen LogP contribution is -2.07. The molecule has 0 unspecified atom stereocenters. The zero-order valence-electron chi connectivity index (χ0n) is 9.84. The Morgan fingerprint density at radius 2 is 1.60 bits per heavy atom. The van der Waals surface area contributed by atoms with E-state index < -0.39 is 40.6 Å². The fourth-order valence-corrected chi connectivity index (χ4v) is 1.55. The molecular formula is C13H8F5NO. The first-order valence-corrected chi connectivity index (χ1v) is 5.37. The van der Waals surface area contributed by atoms with Gasteiger partial charge in [-0.1, -0.05) is 12.1 Å². The molecule has 7 heteroatoms. The number of para-hydroxylation sites is 1. The van der Waals surface area contributed by atoms with Crippen LogP contribution in [-0.2, 0) is 6.18 Å². The quantitative estimate of drug-likeness (QED) is 0.658. The van der Waals surface area contributed by atoms with Crippen molar-refractivity contribution >= 4 is 5.69 Å². The van der Waals surface area contributed by atoms with Gasteiger partial charge in [-0.15, -0.1) is 0 Å². The van der Waals surface area contributed by atoms with Crippen LogP contribution < -0.4 is 10.5 Å². The molecule has 0 saturated carbocycles. The van der Waals surface area contributed by atoms with Gasteiger partial charge in [-0.25, -0.2) is 8.78 Å². The Bertz CT molecular complexity index is 639. The van der Waals surface area contributed by atoms with Gasteiger partial charge < -0.3 is 10.5 Å². The molecule has 2 aromatic rings. The number of alkyl halides is 3. The highest BCUT2D eigenvalue weighted by Gasteiger charge is 2.34. The van der Waals surface area contributed by atoms with Gasteiger partial charge in [-0.2, -0.15) is 13.2 Å². The molecule has 0 fully saturated rings. The van der Waals surface area contributed by atoms with Crippen molar-refractivity contribution < 1.29 is 26.7 Å². The van der Waals surface area contributed by atoms with Crippen LogP contribution in [0.25, 0.3) is 0 Å². The standard InChI is InChI=1S/C13H8F5NO/c14-7-5-9(15)12(19)11(6-7)20-10-4-2-1-3-8(10)13(16,17)18/h1-6H,19H2. The van der Waals surface area contributed by atoms with E-state index in [9.17, 15) is 22.0 Å². The molecular weight excluding hydrogens is 281 g/mol. The second kappa shape index (κ2) is 4.99. The van der Waals surface area contributed by atoms with Gasteiger partial charge in [0.15, 0.2) is 11.6 Å². The maximum Gasteiger partial charge on any atom is 0.419 e. The molecule has 0 aromatic heterocycles. The molecule has 0 radical (unpaired) electrons. The summed E-state index contributed by atoms with van der Waals surface area (Å²) in [6, 6.07) is 5.53. The summed E-state index contributed by atoms with van der Waals surface area (Å²) in [6.07, 6.45) is -4.66. The molecule has 0 aliphatic heterocycles. The molecule has 2 rings (SSSR count). The van der Waals surface area contributed by atoms with Crippen molar-refractivity contribution in [2.45, 2.75) is 6.18 Å².